The van der Waals surface area contributed by atoms with Crippen molar-refractivity contribution in [1.82, 2.24) is 4.90 Å². The highest BCUT2D eigenvalue weighted by Gasteiger charge is 2.34. The van der Waals surface area contributed by atoms with Crippen LogP contribution in [0.25, 0.3) is 0 Å². The Bertz CT molecular complexity index is 810. The Balaban J connectivity index is 1.63. The number of hydrogen-bond acceptors (Lipinski definition) is 4. The van der Waals surface area contributed by atoms with Crippen LogP contribution in [0.15, 0.2) is 42.5 Å². The van der Waals surface area contributed by atoms with Crippen LogP contribution in [0.4, 0.5) is 5.69 Å². The van der Waals surface area contributed by atoms with Gasteiger partial charge in [-0.15, -0.1) is 0 Å². The number of nitrogens with one attached hydrogen (secondary N) is 1. The number of fused-ring (bicyclic) bond motifs is 1. The number of aromatic hydroxyl groups is 1. The number of rotatable bonds is 4. The largest absolute Gasteiger partial charge is 0.508 e. The molecule has 122 valence electrons. The van der Waals surface area contributed by atoms with Gasteiger partial charge in [-0.1, -0.05) is 12.1 Å². The van der Waals surface area contributed by atoms with Gasteiger partial charge in [-0.3, -0.25) is 19.3 Å². The Labute approximate surface area is 138 Å². The van der Waals surface area contributed by atoms with E-state index in [0.29, 0.717) is 16.8 Å². The number of benzene rings is 2. The molecule has 0 fully saturated rings. The van der Waals surface area contributed by atoms with E-state index in [1.807, 2.05) is 0 Å². The van der Waals surface area contributed by atoms with Gasteiger partial charge in [0.15, 0.2) is 0 Å². The number of hydrogen-bond donors (Lipinski definition) is 2. The van der Waals surface area contributed by atoms with Crippen LogP contribution in [0.2, 0.25) is 0 Å². The minimum atomic E-state index is -0.371. The molecule has 2 aromatic rings. The minimum absolute atomic E-state index is 0.00574. The molecule has 6 nitrogen and oxygen atoms in total. The van der Waals surface area contributed by atoms with Crippen molar-refractivity contribution < 1.29 is 19.5 Å². The van der Waals surface area contributed by atoms with E-state index in [4.69, 9.17) is 0 Å². The monoisotopic (exact) mass is 324 g/mol. The van der Waals surface area contributed by atoms with E-state index in [2.05, 4.69) is 5.32 Å². The molecule has 1 aliphatic heterocycles. The lowest BCUT2D eigenvalue weighted by Gasteiger charge is -2.14. The third-order valence-corrected chi connectivity index (χ3v) is 3.92. The quantitative estimate of drug-likeness (QED) is 0.667. The van der Waals surface area contributed by atoms with E-state index < -0.39 is 0 Å². The van der Waals surface area contributed by atoms with Crippen molar-refractivity contribution in [2.45, 2.75) is 13.3 Å². The summed E-state index contributed by atoms with van der Waals surface area (Å²) in [7, 11) is 0. The number of carbonyl (C=O) groups excluding carboxylic acids is 3. The van der Waals surface area contributed by atoms with Gasteiger partial charge in [0.25, 0.3) is 11.8 Å². The number of carbonyl (C=O) groups is 3. The van der Waals surface area contributed by atoms with Crippen LogP contribution < -0.4 is 5.32 Å². The molecule has 6 heteroatoms. The summed E-state index contributed by atoms with van der Waals surface area (Å²) in [5.41, 5.74) is 2.05. The fraction of sp³-hybridized carbons (Fsp3) is 0.167. The molecular weight excluding hydrogens is 308 g/mol. The molecule has 0 saturated heterocycles. The summed E-state index contributed by atoms with van der Waals surface area (Å²) in [6.07, 6.45) is 0.00574. The van der Waals surface area contributed by atoms with Gasteiger partial charge in [0.1, 0.15) is 5.75 Å². The third kappa shape index (κ3) is 2.86. The van der Waals surface area contributed by atoms with E-state index >= 15 is 0 Å². The number of aryl methyl sites for hydroxylation is 1. The van der Waals surface area contributed by atoms with Gasteiger partial charge in [-0.25, -0.2) is 0 Å². The number of nitrogens with zero attached hydrogens (tertiary/aromatic N) is 1. The summed E-state index contributed by atoms with van der Waals surface area (Å²) < 4.78 is 0. The molecule has 24 heavy (non-hydrogen) atoms. The highest BCUT2D eigenvalue weighted by atomic mass is 16.3. The summed E-state index contributed by atoms with van der Waals surface area (Å²) in [5.74, 6) is -0.926. The number of anilines is 1. The Hall–Kier alpha value is -3.15. The zero-order valence-electron chi connectivity index (χ0n) is 13.1. The van der Waals surface area contributed by atoms with E-state index in [1.165, 1.54) is 6.07 Å². The van der Waals surface area contributed by atoms with Crippen molar-refractivity contribution in [3.8, 4) is 5.75 Å². The van der Waals surface area contributed by atoms with Crippen LogP contribution in [-0.2, 0) is 4.79 Å². The molecule has 1 heterocycles. The standard InChI is InChI=1S/C18H16N2O4/c1-11-10-12(21)6-7-15(11)19-16(22)8-9-20-17(23)13-4-2-3-5-14(13)18(20)24/h2-7,10,21H,8-9H2,1H3,(H,19,22). The minimum Gasteiger partial charge on any atom is -0.508 e. The first-order valence-electron chi connectivity index (χ1n) is 7.52. The third-order valence-electron chi connectivity index (χ3n) is 3.92. The van der Waals surface area contributed by atoms with Crippen LogP contribution >= 0.6 is 0 Å². The molecule has 3 rings (SSSR count). The van der Waals surface area contributed by atoms with Crippen molar-refractivity contribution in [1.29, 1.82) is 0 Å². The Morgan fingerprint density at radius 3 is 2.29 bits per heavy atom. The molecule has 0 bridgehead atoms. The second-order valence-electron chi connectivity index (χ2n) is 5.60. The molecular formula is C18H16N2O4. The molecule has 0 saturated carbocycles. The van der Waals surface area contributed by atoms with Crippen molar-refractivity contribution in [2.24, 2.45) is 0 Å². The average molecular weight is 324 g/mol. The van der Waals surface area contributed by atoms with Crippen molar-refractivity contribution in [3.05, 3.63) is 59.2 Å². The summed E-state index contributed by atoms with van der Waals surface area (Å²) in [5, 5.41) is 12.1. The van der Waals surface area contributed by atoms with E-state index in [1.54, 1.807) is 43.3 Å². The lowest BCUT2D eigenvalue weighted by Crippen LogP contribution is -2.32. The summed E-state index contributed by atoms with van der Waals surface area (Å²) >= 11 is 0. The summed E-state index contributed by atoms with van der Waals surface area (Å²) in [4.78, 5) is 37.6. The number of phenols is 1. The Morgan fingerprint density at radius 1 is 1.08 bits per heavy atom. The van der Waals surface area contributed by atoms with Crippen LogP contribution in [0, 0.1) is 6.92 Å². The molecule has 0 aliphatic carbocycles. The molecule has 0 atom stereocenters. The van der Waals surface area contributed by atoms with E-state index in [9.17, 15) is 19.5 Å². The van der Waals surface area contributed by atoms with Crippen molar-refractivity contribution >= 4 is 23.4 Å². The maximum atomic E-state index is 12.2. The second-order valence-corrected chi connectivity index (χ2v) is 5.60. The Kier molecular flexibility index (Phi) is 4.04. The highest BCUT2D eigenvalue weighted by Crippen LogP contribution is 2.23. The predicted molar refractivity (Wildman–Crippen MR) is 87.9 cm³/mol. The molecule has 0 unspecified atom stereocenters. The molecule has 0 radical (unpaired) electrons. The smallest absolute Gasteiger partial charge is 0.261 e. The lowest BCUT2D eigenvalue weighted by molar-refractivity contribution is -0.116. The van der Waals surface area contributed by atoms with Crippen LogP contribution in [0.5, 0.6) is 5.75 Å². The second kappa shape index (κ2) is 6.16. The highest BCUT2D eigenvalue weighted by molar-refractivity contribution is 6.21. The van der Waals surface area contributed by atoms with Gasteiger partial charge in [-0.2, -0.15) is 0 Å². The van der Waals surface area contributed by atoms with E-state index in [0.717, 1.165) is 10.5 Å². The first-order valence-corrected chi connectivity index (χ1v) is 7.52. The SMILES string of the molecule is Cc1cc(O)ccc1NC(=O)CCN1C(=O)c2ccccc2C1=O. The number of phenolic OH excluding ortho intramolecular Hbond substituents is 1. The van der Waals surface area contributed by atoms with Crippen LogP contribution in [0.1, 0.15) is 32.7 Å². The van der Waals surface area contributed by atoms with Gasteiger partial charge in [0.2, 0.25) is 5.91 Å². The maximum Gasteiger partial charge on any atom is 0.261 e. The van der Waals surface area contributed by atoms with Gasteiger partial charge in [0.05, 0.1) is 11.1 Å². The van der Waals surface area contributed by atoms with Gasteiger partial charge >= 0.3 is 0 Å². The summed E-state index contributed by atoms with van der Waals surface area (Å²) in [6.45, 7) is 1.79. The molecule has 0 spiro atoms. The Morgan fingerprint density at radius 2 is 1.71 bits per heavy atom. The first kappa shape index (κ1) is 15.7. The van der Waals surface area contributed by atoms with E-state index in [-0.39, 0.29) is 36.4 Å². The van der Waals surface area contributed by atoms with Crippen molar-refractivity contribution in [2.75, 3.05) is 11.9 Å². The lowest BCUT2D eigenvalue weighted by atomic mass is 10.1. The fourth-order valence-electron chi connectivity index (χ4n) is 2.66. The zero-order chi connectivity index (χ0) is 17.3. The topological polar surface area (TPSA) is 86.7 Å². The molecule has 3 amide bonds. The summed E-state index contributed by atoms with van der Waals surface area (Å²) in [6, 6.07) is 11.2. The molecule has 0 aromatic heterocycles. The van der Waals surface area contributed by atoms with Gasteiger partial charge < -0.3 is 10.4 Å². The van der Waals surface area contributed by atoms with Crippen LogP contribution in [0.3, 0.4) is 0 Å². The predicted octanol–water partition coefficient (Wildman–Crippen LogP) is 2.33. The molecule has 1 aliphatic rings. The average Bonchev–Trinajstić information content (AvgIpc) is 2.80. The maximum absolute atomic E-state index is 12.2. The van der Waals surface area contributed by atoms with Crippen molar-refractivity contribution in [3.63, 3.8) is 0 Å². The fourth-order valence-corrected chi connectivity index (χ4v) is 2.66. The number of amides is 3. The normalized spacial score (nSPS) is 13.1. The zero-order valence-corrected chi connectivity index (χ0v) is 13.1. The first-order chi connectivity index (χ1) is 11.5. The molecule has 2 N–H and O–H groups in total. The van der Waals surface area contributed by atoms with Gasteiger partial charge in [-0.05, 0) is 42.8 Å². The van der Waals surface area contributed by atoms with Crippen LogP contribution in [-0.4, -0.2) is 34.3 Å². The number of imide groups is 1. The van der Waals surface area contributed by atoms with Gasteiger partial charge in [0, 0.05) is 18.7 Å². The molecule has 2 aromatic carbocycles.